The Kier molecular flexibility index (Phi) is 5.34. The van der Waals surface area contributed by atoms with Gasteiger partial charge in [0.1, 0.15) is 0 Å². The number of piperidine rings is 1. The molecule has 2 N–H and O–H groups in total. The molecule has 1 saturated heterocycles. The van der Waals surface area contributed by atoms with Crippen LogP contribution in [0, 0.1) is 11.3 Å². The normalized spacial score (nSPS) is 26.8. The molecule has 1 aliphatic heterocycles. The second kappa shape index (κ2) is 6.52. The third kappa shape index (κ3) is 5.20. The summed E-state index contributed by atoms with van der Waals surface area (Å²) >= 11 is 0. The molecular weight excluding hydrogens is 286 g/mol. The van der Waals surface area contributed by atoms with Crippen molar-refractivity contribution < 1.29 is 8.42 Å². The summed E-state index contributed by atoms with van der Waals surface area (Å²) < 4.78 is 29.5. The molecule has 1 saturated carbocycles. The lowest BCUT2D eigenvalue weighted by atomic mass is 9.89. The van der Waals surface area contributed by atoms with E-state index in [-0.39, 0.29) is 11.5 Å². The maximum absolute atomic E-state index is 12.5. The van der Waals surface area contributed by atoms with Crippen molar-refractivity contribution in [1.29, 1.82) is 0 Å². The van der Waals surface area contributed by atoms with Crippen LogP contribution in [0.1, 0.15) is 53.4 Å². The summed E-state index contributed by atoms with van der Waals surface area (Å²) in [6.07, 6.45) is 4.64. The van der Waals surface area contributed by atoms with E-state index in [9.17, 15) is 8.42 Å². The van der Waals surface area contributed by atoms with Crippen molar-refractivity contribution in [2.24, 2.45) is 11.3 Å². The van der Waals surface area contributed by atoms with Gasteiger partial charge in [-0.15, -0.1) is 0 Å². The van der Waals surface area contributed by atoms with E-state index >= 15 is 0 Å². The van der Waals surface area contributed by atoms with Crippen LogP contribution in [0.4, 0.5) is 0 Å². The van der Waals surface area contributed by atoms with E-state index in [0.29, 0.717) is 25.0 Å². The second-order valence-electron chi connectivity index (χ2n) is 7.76. The zero-order chi connectivity index (χ0) is 15.7. The predicted molar refractivity (Wildman–Crippen MR) is 86.3 cm³/mol. The highest BCUT2D eigenvalue weighted by Gasteiger charge is 2.33. The van der Waals surface area contributed by atoms with Gasteiger partial charge in [0, 0.05) is 25.2 Å². The van der Waals surface area contributed by atoms with E-state index in [1.165, 1.54) is 12.8 Å². The third-order valence-electron chi connectivity index (χ3n) is 4.72. The van der Waals surface area contributed by atoms with Crippen molar-refractivity contribution in [1.82, 2.24) is 14.3 Å². The fourth-order valence-corrected chi connectivity index (χ4v) is 4.23. The van der Waals surface area contributed by atoms with Gasteiger partial charge in [-0.2, -0.15) is 17.4 Å². The van der Waals surface area contributed by atoms with Crippen LogP contribution in [-0.4, -0.2) is 44.4 Å². The molecule has 6 heteroatoms. The Morgan fingerprint density at radius 2 is 1.90 bits per heavy atom. The number of hydrogen-bond donors (Lipinski definition) is 2. The first-order chi connectivity index (χ1) is 9.68. The lowest BCUT2D eigenvalue weighted by Crippen LogP contribution is -2.52. The zero-order valence-electron chi connectivity index (χ0n) is 13.9. The van der Waals surface area contributed by atoms with Crippen LogP contribution in [0.25, 0.3) is 0 Å². The topological polar surface area (TPSA) is 61.4 Å². The Morgan fingerprint density at radius 1 is 1.24 bits per heavy atom. The first kappa shape index (κ1) is 17.2. The Bertz CT molecular complexity index is 440. The molecular formula is C15H31N3O2S. The van der Waals surface area contributed by atoms with Gasteiger partial charge in [0.05, 0.1) is 0 Å². The number of hydrogen-bond acceptors (Lipinski definition) is 3. The molecule has 2 atom stereocenters. The lowest BCUT2D eigenvalue weighted by molar-refractivity contribution is 0.249. The number of nitrogens with zero attached hydrogens (tertiary/aromatic N) is 1. The van der Waals surface area contributed by atoms with Crippen molar-refractivity contribution in [3.05, 3.63) is 0 Å². The maximum atomic E-state index is 12.5. The van der Waals surface area contributed by atoms with E-state index in [1.807, 2.05) is 6.92 Å². The molecule has 5 nitrogen and oxygen atoms in total. The van der Waals surface area contributed by atoms with Crippen LogP contribution in [0.2, 0.25) is 0 Å². The molecule has 1 aliphatic carbocycles. The largest absolute Gasteiger partial charge is 0.314 e. The first-order valence-electron chi connectivity index (χ1n) is 8.19. The monoisotopic (exact) mass is 317 g/mol. The van der Waals surface area contributed by atoms with Gasteiger partial charge in [0.15, 0.2) is 0 Å². The maximum Gasteiger partial charge on any atom is 0.279 e. The van der Waals surface area contributed by atoms with Crippen LogP contribution in [0.15, 0.2) is 0 Å². The number of rotatable bonds is 6. The van der Waals surface area contributed by atoms with E-state index in [0.717, 1.165) is 19.4 Å². The van der Waals surface area contributed by atoms with Gasteiger partial charge in [0.25, 0.3) is 10.2 Å². The fraction of sp³-hybridized carbons (Fsp3) is 1.00. The van der Waals surface area contributed by atoms with Crippen molar-refractivity contribution in [2.75, 3.05) is 19.6 Å². The van der Waals surface area contributed by atoms with Gasteiger partial charge in [-0.25, -0.2) is 0 Å². The summed E-state index contributed by atoms with van der Waals surface area (Å²) in [5.41, 5.74) is -0.0736. The van der Waals surface area contributed by atoms with Crippen LogP contribution in [0.3, 0.4) is 0 Å². The van der Waals surface area contributed by atoms with Gasteiger partial charge in [-0.1, -0.05) is 20.8 Å². The van der Waals surface area contributed by atoms with Crippen molar-refractivity contribution in [3.63, 3.8) is 0 Å². The molecule has 2 rings (SSSR count). The molecule has 0 bridgehead atoms. The summed E-state index contributed by atoms with van der Waals surface area (Å²) in [6, 6.07) is 0.614. The highest BCUT2D eigenvalue weighted by atomic mass is 32.2. The minimum Gasteiger partial charge on any atom is -0.314 e. The minimum absolute atomic E-state index is 0.0736. The van der Waals surface area contributed by atoms with E-state index in [4.69, 9.17) is 0 Å². The Balaban J connectivity index is 1.88. The molecule has 21 heavy (non-hydrogen) atoms. The molecule has 0 aromatic rings. The van der Waals surface area contributed by atoms with Crippen LogP contribution in [0.5, 0.6) is 0 Å². The van der Waals surface area contributed by atoms with Gasteiger partial charge in [-0.3, -0.25) is 0 Å². The molecule has 124 valence electrons. The fourth-order valence-electron chi connectivity index (χ4n) is 2.51. The van der Waals surface area contributed by atoms with Gasteiger partial charge >= 0.3 is 0 Å². The summed E-state index contributed by atoms with van der Waals surface area (Å²) in [5.74, 6) is 0.445. The van der Waals surface area contributed by atoms with E-state index in [2.05, 4.69) is 30.8 Å². The standard InChI is InChI=1S/C15H31N3O2S/c1-12(15(2,3)4)17-21(19,20)18-9-5-6-13(11-18)10-16-14-7-8-14/h12-14,16-17H,5-11H2,1-4H3. The zero-order valence-corrected chi connectivity index (χ0v) is 14.7. The molecule has 2 fully saturated rings. The summed E-state index contributed by atoms with van der Waals surface area (Å²) in [4.78, 5) is 0. The van der Waals surface area contributed by atoms with Crippen LogP contribution in [-0.2, 0) is 10.2 Å². The Hall–Kier alpha value is -0.170. The van der Waals surface area contributed by atoms with Gasteiger partial charge < -0.3 is 5.32 Å². The third-order valence-corrected chi connectivity index (χ3v) is 6.38. The summed E-state index contributed by atoms with van der Waals surface area (Å²) in [5, 5.41) is 3.52. The van der Waals surface area contributed by atoms with Crippen molar-refractivity contribution in [3.8, 4) is 0 Å². The first-order valence-corrected chi connectivity index (χ1v) is 9.63. The quantitative estimate of drug-likeness (QED) is 0.784. The lowest BCUT2D eigenvalue weighted by Gasteiger charge is -2.35. The Morgan fingerprint density at radius 3 is 2.48 bits per heavy atom. The molecule has 2 unspecified atom stereocenters. The smallest absolute Gasteiger partial charge is 0.279 e. The molecule has 0 amide bonds. The molecule has 0 radical (unpaired) electrons. The predicted octanol–water partition coefficient (Wildman–Crippen LogP) is 1.72. The van der Waals surface area contributed by atoms with Gasteiger partial charge in [-0.05, 0) is 50.5 Å². The second-order valence-corrected chi connectivity index (χ2v) is 9.46. The summed E-state index contributed by atoms with van der Waals surface area (Å²) in [6.45, 7) is 10.3. The Labute approximate surface area is 130 Å². The average Bonchev–Trinajstić information content (AvgIpc) is 3.19. The molecule has 2 aliphatic rings. The molecule has 1 heterocycles. The van der Waals surface area contributed by atoms with Gasteiger partial charge in [0.2, 0.25) is 0 Å². The van der Waals surface area contributed by atoms with E-state index < -0.39 is 10.2 Å². The number of nitrogens with one attached hydrogen (secondary N) is 2. The minimum atomic E-state index is -3.37. The summed E-state index contributed by atoms with van der Waals surface area (Å²) in [7, 11) is -3.37. The average molecular weight is 317 g/mol. The highest BCUT2D eigenvalue weighted by Crippen LogP contribution is 2.24. The molecule has 0 aromatic heterocycles. The van der Waals surface area contributed by atoms with Crippen molar-refractivity contribution in [2.45, 2.75) is 65.5 Å². The molecule has 0 spiro atoms. The van der Waals surface area contributed by atoms with E-state index in [1.54, 1.807) is 4.31 Å². The highest BCUT2D eigenvalue weighted by molar-refractivity contribution is 7.87. The van der Waals surface area contributed by atoms with Crippen molar-refractivity contribution >= 4 is 10.2 Å². The van der Waals surface area contributed by atoms with Crippen LogP contribution < -0.4 is 10.0 Å². The molecule has 0 aromatic carbocycles. The SMILES string of the molecule is CC(NS(=O)(=O)N1CCCC(CNC2CC2)C1)C(C)(C)C. The van der Waals surface area contributed by atoms with Crippen LogP contribution >= 0.6 is 0 Å².